The number of rotatable bonds is 6. The summed E-state index contributed by atoms with van der Waals surface area (Å²) in [4.78, 5) is 25.5. The van der Waals surface area contributed by atoms with Gasteiger partial charge in [0.1, 0.15) is 6.04 Å². The number of amides is 1. The summed E-state index contributed by atoms with van der Waals surface area (Å²) in [6.07, 6.45) is 2.69. The lowest BCUT2D eigenvalue weighted by Crippen LogP contribution is -2.44. The number of nitrogens with zero attached hydrogens (tertiary/aromatic N) is 1. The first-order valence-electron chi connectivity index (χ1n) is 8.31. The minimum absolute atomic E-state index is 0.0750. The van der Waals surface area contributed by atoms with Crippen molar-refractivity contribution in [3.05, 3.63) is 35.4 Å². The van der Waals surface area contributed by atoms with Crippen molar-refractivity contribution >= 4 is 11.9 Å². The Labute approximate surface area is 137 Å². The maximum absolute atomic E-state index is 12.1. The van der Waals surface area contributed by atoms with Gasteiger partial charge in [0.25, 0.3) is 5.91 Å². The highest BCUT2D eigenvalue weighted by Gasteiger charge is 2.28. The molecule has 5 heteroatoms. The van der Waals surface area contributed by atoms with Crippen molar-refractivity contribution in [2.75, 3.05) is 13.1 Å². The van der Waals surface area contributed by atoms with Gasteiger partial charge in [-0.15, -0.1) is 0 Å². The molecule has 5 nitrogen and oxygen atoms in total. The van der Waals surface area contributed by atoms with Gasteiger partial charge in [-0.25, -0.2) is 0 Å². The Morgan fingerprint density at radius 1 is 1.35 bits per heavy atom. The van der Waals surface area contributed by atoms with Gasteiger partial charge >= 0.3 is 5.97 Å². The third kappa shape index (κ3) is 5.06. The fraction of sp³-hybridized carbons (Fsp3) is 0.556. The third-order valence-electron chi connectivity index (χ3n) is 4.14. The highest BCUT2D eigenvalue weighted by atomic mass is 16.4. The number of carboxylic acid groups (broad SMARTS) is 1. The molecule has 1 amide bonds. The number of hydrogen-bond donors (Lipinski definition) is 2. The second kappa shape index (κ2) is 8.11. The largest absolute Gasteiger partial charge is 0.480 e. The molecule has 1 atom stereocenters. The van der Waals surface area contributed by atoms with E-state index in [1.165, 1.54) is 0 Å². The van der Waals surface area contributed by atoms with Crippen LogP contribution in [0, 0.1) is 5.92 Å². The summed E-state index contributed by atoms with van der Waals surface area (Å²) in [5.74, 6) is -0.420. The molecule has 0 saturated carbocycles. The van der Waals surface area contributed by atoms with Gasteiger partial charge in [-0.05, 0) is 43.0 Å². The second-order valence-corrected chi connectivity index (χ2v) is 6.62. The number of hydrogen-bond acceptors (Lipinski definition) is 3. The summed E-state index contributed by atoms with van der Waals surface area (Å²) in [5, 5.41) is 12.3. The highest BCUT2D eigenvalue weighted by molar-refractivity contribution is 5.94. The van der Waals surface area contributed by atoms with Gasteiger partial charge in [-0.1, -0.05) is 32.4 Å². The molecule has 1 fully saturated rings. The minimum atomic E-state index is -0.754. The SMILES string of the molecule is CC(C)CNC(=O)c1cccc(CN2CCCCC2C(=O)O)c1. The topological polar surface area (TPSA) is 69.6 Å². The van der Waals surface area contributed by atoms with Crippen molar-refractivity contribution in [3.63, 3.8) is 0 Å². The molecule has 1 unspecified atom stereocenters. The van der Waals surface area contributed by atoms with Crippen molar-refractivity contribution in [1.29, 1.82) is 0 Å². The number of carboxylic acids is 1. The summed E-state index contributed by atoms with van der Waals surface area (Å²) < 4.78 is 0. The van der Waals surface area contributed by atoms with E-state index in [9.17, 15) is 14.7 Å². The Bertz CT molecular complexity index is 557. The first-order chi connectivity index (χ1) is 11.0. The number of benzene rings is 1. The lowest BCUT2D eigenvalue weighted by molar-refractivity contribution is -0.144. The van der Waals surface area contributed by atoms with Crippen LogP contribution in [0.2, 0.25) is 0 Å². The van der Waals surface area contributed by atoms with Crippen molar-refractivity contribution in [1.82, 2.24) is 10.2 Å². The Morgan fingerprint density at radius 3 is 2.83 bits per heavy atom. The van der Waals surface area contributed by atoms with Crippen molar-refractivity contribution in [2.24, 2.45) is 5.92 Å². The molecule has 1 aliphatic heterocycles. The normalized spacial score (nSPS) is 18.8. The maximum atomic E-state index is 12.1. The number of nitrogens with one attached hydrogen (secondary N) is 1. The zero-order valence-corrected chi connectivity index (χ0v) is 13.9. The van der Waals surface area contributed by atoms with E-state index >= 15 is 0 Å². The van der Waals surface area contributed by atoms with Crippen LogP contribution in [0.4, 0.5) is 0 Å². The van der Waals surface area contributed by atoms with E-state index in [4.69, 9.17) is 0 Å². The van der Waals surface area contributed by atoms with E-state index < -0.39 is 12.0 Å². The quantitative estimate of drug-likeness (QED) is 0.845. The van der Waals surface area contributed by atoms with Crippen molar-refractivity contribution in [3.8, 4) is 0 Å². The molecule has 1 aromatic carbocycles. The van der Waals surface area contributed by atoms with Crippen LogP contribution in [0.1, 0.15) is 49.0 Å². The Morgan fingerprint density at radius 2 is 2.13 bits per heavy atom. The molecule has 2 rings (SSSR count). The predicted octanol–water partition coefficient (Wildman–Crippen LogP) is 2.51. The molecule has 0 aromatic heterocycles. The molecular weight excluding hydrogens is 292 g/mol. The Balaban J connectivity index is 2.04. The lowest BCUT2D eigenvalue weighted by atomic mass is 10.0. The average Bonchev–Trinajstić information content (AvgIpc) is 2.53. The number of likely N-dealkylation sites (tertiary alicyclic amines) is 1. The predicted molar refractivity (Wildman–Crippen MR) is 89.3 cm³/mol. The smallest absolute Gasteiger partial charge is 0.320 e. The zero-order chi connectivity index (χ0) is 16.8. The van der Waals surface area contributed by atoms with Gasteiger partial charge in [-0.3, -0.25) is 14.5 Å². The Kier molecular flexibility index (Phi) is 6.16. The molecule has 1 saturated heterocycles. The fourth-order valence-corrected chi connectivity index (χ4v) is 2.90. The van der Waals surface area contributed by atoms with Gasteiger partial charge < -0.3 is 10.4 Å². The lowest BCUT2D eigenvalue weighted by Gasteiger charge is -2.32. The summed E-state index contributed by atoms with van der Waals surface area (Å²) in [5.41, 5.74) is 1.61. The van der Waals surface area contributed by atoms with Crippen molar-refractivity contribution in [2.45, 2.75) is 45.7 Å². The average molecular weight is 318 g/mol. The van der Waals surface area contributed by atoms with E-state index in [1.54, 1.807) is 6.07 Å². The van der Waals surface area contributed by atoms with E-state index in [2.05, 4.69) is 19.2 Å². The van der Waals surface area contributed by atoms with Gasteiger partial charge in [0.05, 0.1) is 0 Å². The van der Waals surface area contributed by atoms with E-state index in [1.807, 2.05) is 23.1 Å². The first kappa shape index (κ1) is 17.5. The zero-order valence-electron chi connectivity index (χ0n) is 13.9. The van der Waals surface area contributed by atoms with E-state index in [0.29, 0.717) is 31.0 Å². The molecule has 1 heterocycles. The van der Waals surface area contributed by atoms with Crippen LogP contribution in [0.25, 0.3) is 0 Å². The van der Waals surface area contributed by atoms with Crippen LogP contribution in [0.15, 0.2) is 24.3 Å². The van der Waals surface area contributed by atoms with Crippen LogP contribution < -0.4 is 5.32 Å². The van der Waals surface area contributed by atoms with Crippen molar-refractivity contribution < 1.29 is 14.7 Å². The molecule has 126 valence electrons. The third-order valence-corrected chi connectivity index (χ3v) is 4.14. The van der Waals surface area contributed by atoms with Gasteiger partial charge in [0.2, 0.25) is 0 Å². The van der Waals surface area contributed by atoms with E-state index in [-0.39, 0.29) is 5.91 Å². The number of carbonyl (C=O) groups excluding carboxylic acids is 1. The fourth-order valence-electron chi connectivity index (χ4n) is 2.90. The summed E-state index contributed by atoms with van der Waals surface area (Å²) in [6.45, 7) is 6.12. The van der Waals surface area contributed by atoms with Crippen LogP contribution in [-0.2, 0) is 11.3 Å². The van der Waals surface area contributed by atoms with Crippen LogP contribution in [-0.4, -0.2) is 41.0 Å². The molecule has 0 aliphatic carbocycles. The Hall–Kier alpha value is -1.88. The monoisotopic (exact) mass is 318 g/mol. The summed E-state index contributed by atoms with van der Waals surface area (Å²) in [7, 11) is 0. The first-order valence-corrected chi connectivity index (χ1v) is 8.31. The van der Waals surface area contributed by atoms with Crippen LogP contribution in [0.5, 0.6) is 0 Å². The molecule has 0 spiro atoms. The van der Waals surface area contributed by atoms with Crippen LogP contribution >= 0.6 is 0 Å². The van der Waals surface area contributed by atoms with Crippen LogP contribution in [0.3, 0.4) is 0 Å². The van der Waals surface area contributed by atoms with Gasteiger partial charge in [0, 0.05) is 18.7 Å². The molecule has 23 heavy (non-hydrogen) atoms. The summed E-state index contributed by atoms with van der Waals surface area (Å²) in [6, 6.07) is 7.06. The molecule has 1 aliphatic rings. The van der Waals surface area contributed by atoms with E-state index in [0.717, 1.165) is 24.9 Å². The molecule has 2 N–H and O–H groups in total. The number of piperidine rings is 1. The standard InChI is InChI=1S/C18H26N2O3/c1-13(2)11-19-17(21)15-7-5-6-14(10-15)12-20-9-4-3-8-16(20)18(22)23/h5-7,10,13,16H,3-4,8-9,11-12H2,1-2H3,(H,19,21)(H,22,23). The second-order valence-electron chi connectivity index (χ2n) is 6.62. The molecule has 1 aromatic rings. The number of aliphatic carboxylic acids is 1. The highest BCUT2D eigenvalue weighted by Crippen LogP contribution is 2.20. The molecular formula is C18H26N2O3. The molecule has 0 bridgehead atoms. The van der Waals surface area contributed by atoms with Gasteiger partial charge in [0.15, 0.2) is 0 Å². The summed E-state index contributed by atoms with van der Waals surface area (Å²) >= 11 is 0. The number of carbonyl (C=O) groups is 2. The molecule has 0 radical (unpaired) electrons. The minimum Gasteiger partial charge on any atom is -0.480 e. The van der Waals surface area contributed by atoms with Gasteiger partial charge in [-0.2, -0.15) is 0 Å². The maximum Gasteiger partial charge on any atom is 0.320 e.